The van der Waals surface area contributed by atoms with Gasteiger partial charge in [-0.2, -0.15) is 0 Å². The van der Waals surface area contributed by atoms with Crippen LogP contribution < -0.4 is 10.9 Å². The molecule has 0 radical (unpaired) electrons. The van der Waals surface area contributed by atoms with Gasteiger partial charge in [0, 0.05) is 35.4 Å². The predicted molar refractivity (Wildman–Crippen MR) is 91.2 cm³/mol. The van der Waals surface area contributed by atoms with Gasteiger partial charge < -0.3 is 4.57 Å². The molecule has 5 nitrogen and oxygen atoms in total. The molecule has 0 saturated carbocycles. The van der Waals surface area contributed by atoms with Crippen molar-refractivity contribution in [3.05, 3.63) is 58.4 Å². The van der Waals surface area contributed by atoms with E-state index in [9.17, 15) is 9.59 Å². The van der Waals surface area contributed by atoms with E-state index in [0.717, 1.165) is 15.8 Å². The third kappa shape index (κ3) is 3.43. The summed E-state index contributed by atoms with van der Waals surface area (Å²) in [4.78, 5) is 25.2. The first-order chi connectivity index (χ1) is 11.1. The molecule has 2 amide bonds. The van der Waals surface area contributed by atoms with Gasteiger partial charge in [0.15, 0.2) is 0 Å². The van der Waals surface area contributed by atoms with Crippen molar-refractivity contribution in [1.29, 1.82) is 0 Å². The summed E-state index contributed by atoms with van der Waals surface area (Å²) in [5.74, 6) is -0.515. The summed E-state index contributed by atoms with van der Waals surface area (Å²) < 4.78 is 1.89. The summed E-state index contributed by atoms with van der Waals surface area (Å²) >= 11 is 1.62. The average Bonchev–Trinajstić information content (AvgIpc) is 3.19. The number of nitrogens with one attached hydrogen (secondary N) is 2. The smallest absolute Gasteiger partial charge is 0.271 e. The number of hydrogen-bond acceptors (Lipinski definition) is 3. The van der Waals surface area contributed by atoms with Crippen LogP contribution in [0.2, 0.25) is 0 Å². The Morgan fingerprint density at radius 2 is 1.96 bits per heavy atom. The highest BCUT2D eigenvalue weighted by molar-refractivity contribution is 7.09. The fourth-order valence-corrected chi connectivity index (χ4v) is 3.18. The lowest BCUT2D eigenvalue weighted by atomic mass is 10.2. The number of hydrazine groups is 1. The maximum Gasteiger partial charge on any atom is 0.271 e. The van der Waals surface area contributed by atoms with Gasteiger partial charge in [0.05, 0.1) is 5.56 Å². The molecule has 2 N–H and O–H groups in total. The van der Waals surface area contributed by atoms with E-state index in [0.29, 0.717) is 18.4 Å². The number of fused-ring (bicyclic) bond motifs is 1. The normalized spacial score (nSPS) is 10.7. The molecule has 118 valence electrons. The zero-order valence-corrected chi connectivity index (χ0v) is 13.5. The number of nitrogens with zero attached hydrogens (tertiary/aromatic N) is 1. The monoisotopic (exact) mass is 327 g/mol. The lowest BCUT2D eigenvalue weighted by molar-refractivity contribution is -0.121. The number of aromatic nitrogens is 1. The van der Waals surface area contributed by atoms with E-state index in [1.54, 1.807) is 17.5 Å². The van der Waals surface area contributed by atoms with Crippen LogP contribution in [0.1, 0.15) is 21.7 Å². The molecule has 0 fully saturated rings. The lowest BCUT2D eigenvalue weighted by Crippen LogP contribution is -2.41. The molecule has 1 aromatic carbocycles. The first-order valence-corrected chi connectivity index (χ1v) is 8.19. The van der Waals surface area contributed by atoms with Crippen molar-refractivity contribution in [2.45, 2.75) is 12.8 Å². The second-order valence-electron chi connectivity index (χ2n) is 5.25. The standard InChI is InChI=1S/C17H17N3O2S/c1-20-11-14(13-6-2-3-7-15(13)20)17(22)19-18-16(21)9-8-12-5-4-10-23-12/h2-7,10-11H,8-9H2,1H3,(H,18,21)(H,19,22). The molecule has 0 bridgehead atoms. The molecular weight excluding hydrogens is 310 g/mol. The lowest BCUT2D eigenvalue weighted by Gasteiger charge is -2.06. The van der Waals surface area contributed by atoms with E-state index < -0.39 is 0 Å². The molecule has 0 unspecified atom stereocenters. The Balaban J connectivity index is 1.59. The molecule has 0 aliphatic heterocycles. The number of para-hydroxylation sites is 1. The van der Waals surface area contributed by atoms with Crippen molar-refractivity contribution in [2.75, 3.05) is 0 Å². The number of aryl methyl sites for hydroxylation is 2. The Kier molecular flexibility index (Phi) is 4.43. The van der Waals surface area contributed by atoms with E-state index in [-0.39, 0.29) is 11.8 Å². The first kappa shape index (κ1) is 15.3. The summed E-state index contributed by atoms with van der Waals surface area (Å²) in [6.45, 7) is 0. The fourth-order valence-electron chi connectivity index (χ4n) is 2.47. The Labute approximate surface area is 137 Å². The molecule has 3 aromatic rings. The van der Waals surface area contributed by atoms with Crippen molar-refractivity contribution in [1.82, 2.24) is 15.4 Å². The minimum Gasteiger partial charge on any atom is -0.350 e. The van der Waals surface area contributed by atoms with Gasteiger partial charge >= 0.3 is 0 Å². The van der Waals surface area contributed by atoms with Crippen LogP contribution in [0.3, 0.4) is 0 Å². The van der Waals surface area contributed by atoms with Crippen molar-refractivity contribution >= 4 is 34.1 Å². The molecular formula is C17H17N3O2S. The number of benzene rings is 1. The van der Waals surface area contributed by atoms with E-state index in [2.05, 4.69) is 10.9 Å². The Bertz CT molecular complexity index is 837. The second-order valence-corrected chi connectivity index (χ2v) is 6.28. The van der Waals surface area contributed by atoms with E-state index >= 15 is 0 Å². The highest BCUT2D eigenvalue weighted by Gasteiger charge is 2.14. The highest BCUT2D eigenvalue weighted by Crippen LogP contribution is 2.19. The molecule has 6 heteroatoms. The van der Waals surface area contributed by atoms with E-state index in [1.807, 2.05) is 53.4 Å². The summed E-state index contributed by atoms with van der Waals surface area (Å²) in [5.41, 5.74) is 6.48. The Morgan fingerprint density at radius 1 is 1.13 bits per heavy atom. The van der Waals surface area contributed by atoms with Crippen molar-refractivity contribution in [3.8, 4) is 0 Å². The van der Waals surface area contributed by atoms with Gasteiger partial charge in [-0.05, 0) is 23.9 Å². The Morgan fingerprint density at radius 3 is 2.74 bits per heavy atom. The topological polar surface area (TPSA) is 63.1 Å². The largest absolute Gasteiger partial charge is 0.350 e. The molecule has 23 heavy (non-hydrogen) atoms. The predicted octanol–water partition coefficient (Wildman–Crippen LogP) is 2.63. The minimum absolute atomic E-state index is 0.202. The highest BCUT2D eigenvalue weighted by atomic mass is 32.1. The third-order valence-electron chi connectivity index (χ3n) is 3.64. The van der Waals surface area contributed by atoms with Crippen molar-refractivity contribution in [3.63, 3.8) is 0 Å². The van der Waals surface area contributed by atoms with Gasteiger partial charge in [0.1, 0.15) is 0 Å². The van der Waals surface area contributed by atoms with Gasteiger partial charge in [0.25, 0.3) is 5.91 Å². The van der Waals surface area contributed by atoms with Crippen LogP contribution in [0.5, 0.6) is 0 Å². The number of carbonyl (C=O) groups is 2. The summed E-state index contributed by atoms with van der Waals surface area (Å²) in [5, 5.41) is 2.84. The van der Waals surface area contributed by atoms with Gasteiger partial charge in [0.2, 0.25) is 5.91 Å². The molecule has 0 spiro atoms. The third-order valence-corrected chi connectivity index (χ3v) is 4.57. The first-order valence-electron chi connectivity index (χ1n) is 7.31. The fraction of sp³-hybridized carbons (Fsp3) is 0.176. The molecule has 2 aromatic heterocycles. The van der Waals surface area contributed by atoms with Crippen molar-refractivity contribution < 1.29 is 9.59 Å². The average molecular weight is 327 g/mol. The van der Waals surface area contributed by atoms with Gasteiger partial charge in [-0.3, -0.25) is 20.4 Å². The number of hydrogen-bond donors (Lipinski definition) is 2. The zero-order valence-electron chi connectivity index (χ0n) is 12.7. The number of amides is 2. The summed E-state index contributed by atoms with van der Waals surface area (Å²) in [7, 11) is 1.89. The molecule has 0 atom stereocenters. The quantitative estimate of drug-likeness (QED) is 0.724. The number of rotatable bonds is 4. The van der Waals surface area contributed by atoms with Crippen LogP contribution in [0.15, 0.2) is 48.0 Å². The Hall–Kier alpha value is -2.60. The van der Waals surface area contributed by atoms with Crippen LogP contribution in [0.4, 0.5) is 0 Å². The summed E-state index contributed by atoms with van der Waals surface area (Å²) in [6.07, 6.45) is 2.78. The van der Waals surface area contributed by atoms with E-state index in [4.69, 9.17) is 0 Å². The SMILES string of the molecule is Cn1cc(C(=O)NNC(=O)CCc2cccs2)c2ccccc21. The van der Waals surface area contributed by atoms with Gasteiger partial charge in [-0.25, -0.2) is 0 Å². The maximum absolute atomic E-state index is 12.3. The van der Waals surface area contributed by atoms with E-state index in [1.165, 1.54) is 0 Å². The maximum atomic E-state index is 12.3. The molecule has 0 aliphatic rings. The molecule has 0 saturated heterocycles. The number of thiophene rings is 1. The zero-order chi connectivity index (χ0) is 16.2. The van der Waals surface area contributed by atoms with Crippen LogP contribution in [0, 0.1) is 0 Å². The summed E-state index contributed by atoms with van der Waals surface area (Å²) in [6, 6.07) is 11.6. The number of carbonyl (C=O) groups excluding carboxylic acids is 2. The van der Waals surface area contributed by atoms with Gasteiger partial charge in [-0.15, -0.1) is 11.3 Å². The molecule has 0 aliphatic carbocycles. The van der Waals surface area contributed by atoms with Crippen molar-refractivity contribution in [2.24, 2.45) is 7.05 Å². The minimum atomic E-state index is -0.314. The van der Waals surface area contributed by atoms with Crippen LogP contribution in [0.25, 0.3) is 10.9 Å². The molecule has 2 heterocycles. The molecule has 3 rings (SSSR count). The second kappa shape index (κ2) is 6.66. The van der Waals surface area contributed by atoms with Crippen LogP contribution >= 0.6 is 11.3 Å². The van der Waals surface area contributed by atoms with Crippen LogP contribution in [-0.2, 0) is 18.3 Å². The van der Waals surface area contributed by atoms with Crippen LogP contribution in [-0.4, -0.2) is 16.4 Å². The van der Waals surface area contributed by atoms with Gasteiger partial charge in [-0.1, -0.05) is 24.3 Å².